The van der Waals surface area contributed by atoms with Crippen molar-refractivity contribution in [2.75, 3.05) is 19.0 Å². The van der Waals surface area contributed by atoms with Crippen LogP contribution in [0.25, 0.3) is 0 Å². The minimum atomic E-state index is -0.466. The van der Waals surface area contributed by atoms with Crippen molar-refractivity contribution in [1.29, 1.82) is 0 Å². The summed E-state index contributed by atoms with van der Waals surface area (Å²) in [4.78, 5) is 14.2. The first kappa shape index (κ1) is 21.9. The Morgan fingerprint density at radius 1 is 1.12 bits per heavy atom. The molecule has 0 unspecified atom stereocenters. The molecule has 7 atom stereocenters. The molecule has 32 heavy (non-hydrogen) atoms. The summed E-state index contributed by atoms with van der Waals surface area (Å²) in [6.45, 7) is 4.11. The number of ketones is 1. The van der Waals surface area contributed by atoms with E-state index < -0.39 is 6.10 Å². The Balaban J connectivity index is 1.45. The molecule has 5 rings (SSSR count). The molecular weight excluding hydrogens is 394 g/mol. The minimum Gasteiger partial charge on any atom is -0.392 e. The number of nitrogens with zero attached hydrogens (tertiary/aromatic N) is 1. The third kappa shape index (κ3) is 3.57. The number of rotatable bonds is 5. The first-order valence-electron chi connectivity index (χ1n) is 12.7. The van der Waals surface area contributed by atoms with Crippen molar-refractivity contribution in [3.05, 3.63) is 54.1 Å². The highest BCUT2D eigenvalue weighted by atomic mass is 16.3. The van der Waals surface area contributed by atoms with Gasteiger partial charge in [-0.1, -0.05) is 23.8 Å². The van der Waals surface area contributed by atoms with E-state index in [4.69, 9.17) is 0 Å². The van der Waals surface area contributed by atoms with Gasteiger partial charge >= 0.3 is 0 Å². The second kappa shape index (κ2) is 8.48. The molecule has 0 saturated heterocycles. The van der Waals surface area contributed by atoms with Crippen LogP contribution >= 0.6 is 0 Å². The Hall–Kier alpha value is -1.87. The van der Waals surface area contributed by atoms with Crippen LogP contribution in [-0.4, -0.2) is 31.1 Å². The number of benzene rings is 1. The van der Waals surface area contributed by atoms with Crippen molar-refractivity contribution < 1.29 is 9.90 Å². The monoisotopic (exact) mass is 433 g/mol. The second-order valence-corrected chi connectivity index (χ2v) is 11.3. The second-order valence-electron chi connectivity index (χ2n) is 11.3. The average Bonchev–Trinajstić information content (AvgIpc) is 3.12. The van der Waals surface area contributed by atoms with Gasteiger partial charge < -0.3 is 10.0 Å². The number of aliphatic hydroxyl groups is 1. The van der Waals surface area contributed by atoms with Crippen LogP contribution in [0.15, 0.2) is 48.6 Å². The lowest BCUT2D eigenvalue weighted by molar-refractivity contribution is -0.120. The zero-order chi connectivity index (χ0) is 22.5. The summed E-state index contributed by atoms with van der Waals surface area (Å²) in [6, 6.07) is 9.21. The van der Waals surface area contributed by atoms with E-state index in [0.717, 1.165) is 18.8 Å². The van der Waals surface area contributed by atoms with Gasteiger partial charge in [0.15, 0.2) is 5.78 Å². The van der Waals surface area contributed by atoms with Crippen molar-refractivity contribution in [2.45, 2.75) is 63.9 Å². The zero-order valence-corrected chi connectivity index (χ0v) is 19.8. The number of carbonyl (C=O) groups excluding carboxylic acids is 1. The maximum absolute atomic E-state index is 12.1. The Morgan fingerprint density at radius 2 is 1.91 bits per heavy atom. The summed E-state index contributed by atoms with van der Waals surface area (Å²) in [6.07, 6.45) is 13.4. The average molecular weight is 434 g/mol. The maximum atomic E-state index is 12.1. The van der Waals surface area contributed by atoms with Crippen molar-refractivity contribution in [3.8, 4) is 0 Å². The van der Waals surface area contributed by atoms with Gasteiger partial charge in [-0.2, -0.15) is 0 Å². The molecule has 0 bridgehead atoms. The fourth-order valence-corrected chi connectivity index (χ4v) is 8.38. The van der Waals surface area contributed by atoms with E-state index in [9.17, 15) is 9.90 Å². The van der Waals surface area contributed by atoms with Gasteiger partial charge in [-0.3, -0.25) is 4.79 Å². The third-order valence-corrected chi connectivity index (χ3v) is 9.65. The first-order chi connectivity index (χ1) is 15.4. The summed E-state index contributed by atoms with van der Waals surface area (Å²) in [5.74, 6) is 3.03. The van der Waals surface area contributed by atoms with Gasteiger partial charge in [0.2, 0.25) is 0 Å². The fraction of sp³-hybridized carbons (Fsp3) is 0.621. The van der Waals surface area contributed by atoms with Gasteiger partial charge in [0.05, 0.1) is 6.10 Å². The molecule has 0 radical (unpaired) electrons. The van der Waals surface area contributed by atoms with Crippen LogP contribution in [0.2, 0.25) is 0 Å². The molecule has 0 spiro atoms. The van der Waals surface area contributed by atoms with Crippen molar-refractivity contribution in [2.24, 2.45) is 35.0 Å². The molecule has 3 saturated carbocycles. The number of aliphatic hydroxyl groups excluding tert-OH is 1. The summed E-state index contributed by atoms with van der Waals surface area (Å²) in [7, 11) is 4.20. The summed E-state index contributed by atoms with van der Waals surface area (Å²) in [5.41, 5.74) is 4.33. The van der Waals surface area contributed by atoms with Gasteiger partial charge in [-0.05, 0) is 104 Å². The zero-order valence-electron chi connectivity index (χ0n) is 19.8. The lowest BCUT2D eigenvalue weighted by atomic mass is 9.49. The van der Waals surface area contributed by atoms with Crippen LogP contribution in [0.4, 0.5) is 5.69 Å². The molecule has 4 aliphatic carbocycles. The first-order valence-corrected chi connectivity index (χ1v) is 12.7. The van der Waals surface area contributed by atoms with Crippen LogP contribution in [0.1, 0.15) is 56.9 Å². The quantitative estimate of drug-likeness (QED) is 0.616. The van der Waals surface area contributed by atoms with Crippen LogP contribution in [-0.2, 0) is 11.2 Å². The molecule has 1 N–H and O–H groups in total. The van der Waals surface area contributed by atoms with Crippen molar-refractivity contribution in [1.82, 2.24) is 0 Å². The lowest BCUT2D eigenvalue weighted by Gasteiger charge is -2.56. The summed E-state index contributed by atoms with van der Waals surface area (Å²) in [5, 5.41) is 10.9. The highest BCUT2D eigenvalue weighted by Crippen LogP contribution is 2.65. The van der Waals surface area contributed by atoms with Crippen molar-refractivity contribution >= 4 is 11.5 Å². The van der Waals surface area contributed by atoms with Gasteiger partial charge in [0.25, 0.3) is 0 Å². The molecule has 0 aromatic heterocycles. The van der Waals surface area contributed by atoms with Crippen LogP contribution in [0.3, 0.4) is 0 Å². The van der Waals surface area contributed by atoms with E-state index >= 15 is 0 Å². The molecule has 4 aliphatic rings. The molecule has 3 fully saturated rings. The van der Waals surface area contributed by atoms with E-state index in [1.54, 1.807) is 0 Å². The number of hydrogen-bond acceptors (Lipinski definition) is 3. The van der Waals surface area contributed by atoms with Crippen molar-refractivity contribution in [3.63, 3.8) is 0 Å². The molecule has 1 aromatic rings. The smallest absolute Gasteiger partial charge is 0.158 e. The van der Waals surface area contributed by atoms with E-state index in [-0.39, 0.29) is 11.7 Å². The Labute approximate surface area is 193 Å². The fourth-order valence-electron chi connectivity index (χ4n) is 8.38. The standard InChI is InChI=1S/C29H39NO2/c1-4-5-21-9-13-26-24-12-8-20-16-23(31)17-27(32)28(20)25(24)14-15-29(21,26)18-19-6-10-22(11-7-19)30(2)3/h4,6-7,10-11,16,21,24-28,32H,1,5,8-9,12-15,17-18H2,2-3H3/t21-,24-,25+,26+,27-,28+,29+/m1/s1. The van der Waals surface area contributed by atoms with Crippen LogP contribution < -0.4 is 4.90 Å². The molecule has 172 valence electrons. The molecule has 0 amide bonds. The van der Waals surface area contributed by atoms with E-state index in [1.807, 2.05) is 6.08 Å². The number of anilines is 1. The van der Waals surface area contributed by atoms with Crippen LogP contribution in [0, 0.1) is 35.0 Å². The molecule has 3 heteroatoms. The largest absolute Gasteiger partial charge is 0.392 e. The molecule has 3 nitrogen and oxygen atoms in total. The minimum absolute atomic E-state index is 0.125. The number of hydrogen-bond donors (Lipinski definition) is 1. The SMILES string of the molecule is C=CC[C@@H]1CC[C@H]2[C@@H]3CCC4=CC(=O)C[C@@H](O)[C@@H]4[C@H]3CC[C@]12Cc1ccc(N(C)C)cc1. The highest BCUT2D eigenvalue weighted by Gasteiger charge is 2.58. The Bertz CT molecular complexity index is 900. The topological polar surface area (TPSA) is 40.5 Å². The predicted molar refractivity (Wildman–Crippen MR) is 131 cm³/mol. The molecule has 1 aromatic carbocycles. The van der Waals surface area contributed by atoms with E-state index in [1.165, 1.54) is 55.3 Å². The van der Waals surface area contributed by atoms with Gasteiger partial charge in [0.1, 0.15) is 0 Å². The predicted octanol–water partition coefficient (Wildman–Crippen LogP) is 5.58. The molecule has 0 heterocycles. The van der Waals surface area contributed by atoms with Crippen LogP contribution in [0.5, 0.6) is 0 Å². The lowest BCUT2D eigenvalue weighted by Crippen LogP contribution is -2.51. The maximum Gasteiger partial charge on any atom is 0.158 e. The van der Waals surface area contributed by atoms with Gasteiger partial charge in [0, 0.05) is 32.1 Å². The summed E-state index contributed by atoms with van der Waals surface area (Å²) < 4.78 is 0. The Morgan fingerprint density at radius 3 is 2.62 bits per heavy atom. The number of carbonyl (C=O) groups is 1. The Kier molecular flexibility index (Phi) is 5.82. The normalized spacial score (nSPS) is 38.3. The number of fused-ring (bicyclic) bond motifs is 5. The van der Waals surface area contributed by atoms with Gasteiger partial charge in [-0.25, -0.2) is 0 Å². The van der Waals surface area contributed by atoms with E-state index in [0.29, 0.717) is 29.6 Å². The summed E-state index contributed by atoms with van der Waals surface area (Å²) >= 11 is 0. The van der Waals surface area contributed by atoms with E-state index in [2.05, 4.69) is 55.9 Å². The third-order valence-electron chi connectivity index (χ3n) is 9.65. The highest BCUT2D eigenvalue weighted by molar-refractivity contribution is 5.92. The number of allylic oxidation sites excluding steroid dienone is 1. The molecule has 0 aliphatic heterocycles. The molecular formula is C29H39NO2. The van der Waals surface area contributed by atoms with Gasteiger partial charge in [-0.15, -0.1) is 6.58 Å².